The van der Waals surface area contributed by atoms with Crippen LogP contribution in [0.15, 0.2) is 55.0 Å². The van der Waals surface area contributed by atoms with Crippen LogP contribution in [0.5, 0.6) is 0 Å². The highest BCUT2D eigenvalue weighted by atomic mass is 32.1. The van der Waals surface area contributed by atoms with Gasteiger partial charge in [-0.2, -0.15) is 0 Å². The maximum absolute atomic E-state index is 6.15. The molecule has 0 amide bonds. The molecule has 6 heteroatoms. The van der Waals surface area contributed by atoms with Gasteiger partial charge in [-0.15, -0.1) is 11.3 Å². The minimum Gasteiger partial charge on any atom is -0.377 e. The van der Waals surface area contributed by atoms with E-state index in [2.05, 4.69) is 57.9 Å². The summed E-state index contributed by atoms with van der Waals surface area (Å²) >= 11 is 1.94. The number of imidazole rings is 1. The minimum absolute atomic E-state index is 0.0541. The number of nitrogens with one attached hydrogen (secondary N) is 2. The lowest BCUT2D eigenvalue weighted by Crippen LogP contribution is -2.48. The van der Waals surface area contributed by atoms with Crippen molar-refractivity contribution in [1.82, 2.24) is 15.0 Å². The lowest BCUT2D eigenvalue weighted by molar-refractivity contribution is -0.00527. The number of benzene rings is 2. The zero-order chi connectivity index (χ0) is 22.7. The van der Waals surface area contributed by atoms with Crippen molar-refractivity contribution in [3.63, 3.8) is 0 Å². The largest absolute Gasteiger partial charge is 0.377 e. The standard InChI is InChI=1S/C28H31N5S/c29-14-25(33-22-5-6-23-24(10-22)32-16-31-23)20-1-3-21(4-2-20)26-15-30-27(34-26)28-11-17-7-18(12-28)9-19(8-17)13-28/h1-6,10,15-19,25,33H,7-9,11-14,29H2,(H,31,32). The van der Waals surface area contributed by atoms with E-state index >= 15 is 0 Å². The summed E-state index contributed by atoms with van der Waals surface area (Å²) in [6.45, 7) is 0.525. The van der Waals surface area contributed by atoms with E-state index in [4.69, 9.17) is 10.7 Å². The molecule has 8 rings (SSSR count). The third kappa shape index (κ3) is 3.46. The van der Waals surface area contributed by atoms with Gasteiger partial charge in [0.1, 0.15) is 0 Å². The fourth-order valence-corrected chi connectivity index (χ4v) is 8.55. The monoisotopic (exact) mass is 469 g/mol. The Hall–Kier alpha value is -2.70. The van der Waals surface area contributed by atoms with Gasteiger partial charge in [0.2, 0.25) is 0 Å². The fraction of sp³-hybridized carbons (Fsp3) is 0.429. The molecule has 4 saturated carbocycles. The van der Waals surface area contributed by atoms with Crippen molar-refractivity contribution >= 4 is 28.1 Å². The molecule has 0 saturated heterocycles. The Balaban J connectivity index is 1.10. The van der Waals surface area contributed by atoms with Crippen molar-refractivity contribution in [2.24, 2.45) is 23.5 Å². The normalized spacial score (nSPS) is 28.4. The number of aromatic nitrogens is 3. The molecule has 5 nitrogen and oxygen atoms in total. The number of hydrogen-bond donors (Lipinski definition) is 3. The number of thiazole rings is 1. The van der Waals surface area contributed by atoms with E-state index in [1.165, 1.54) is 59.5 Å². The van der Waals surface area contributed by atoms with Crippen LogP contribution in [0, 0.1) is 17.8 Å². The molecule has 0 spiro atoms. The fourth-order valence-electron chi connectivity index (χ4n) is 7.41. The summed E-state index contributed by atoms with van der Waals surface area (Å²) in [6.07, 6.45) is 12.4. The quantitative estimate of drug-likeness (QED) is 0.311. The lowest BCUT2D eigenvalue weighted by atomic mass is 9.50. The maximum Gasteiger partial charge on any atom is 0.0993 e. The van der Waals surface area contributed by atoms with E-state index in [-0.39, 0.29) is 6.04 Å². The molecule has 4 aromatic rings. The first-order valence-electron chi connectivity index (χ1n) is 12.6. The van der Waals surface area contributed by atoms with E-state index in [9.17, 15) is 0 Å². The molecule has 2 aromatic carbocycles. The highest BCUT2D eigenvalue weighted by Gasteiger charge is 2.52. The van der Waals surface area contributed by atoms with Crippen molar-refractivity contribution < 1.29 is 0 Å². The van der Waals surface area contributed by atoms with Crippen molar-refractivity contribution in [3.05, 3.63) is 65.6 Å². The van der Waals surface area contributed by atoms with Crippen LogP contribution in [0.1, 0.15) is 55.1 Å². The molecule has 4 N–H and O–H groups in total. The second-order valence-electron chi connectivity index (χ2n) is 10.9. The number of rotatable bonds is 6. The predicted octanol–water partition coefficient (Wildman–Crippen LogP) is 6.27. The third-order valence-corrected chi connectivity index (χ3v) is 9.88. The lowest BCUT2D eigenvalue weighted by Gasteiger charge is -2.56. The maximum atomic E-state index is 6.15. The summed E-state index contributed by atoms with van der Waals surface area (Å²) in [5.41, 5.74) is 12.0. The van der Waals surface area contributed by atoms with Crippen LogP contribution in [-0.2, 0) is 5.41 Å². The number of fused-ring (bicyclic) bond motifs is 1. The van der Waals surface area contributed by atoms with Crippen LogP contribution in [0.25, 0.3) is 21.5 Å². The molecule has 4 fully saturated rings. The predicted molar refractivity (Wildman–Crippen MR) is 139 cm³/mol. The molecular weight excluding hydrogens is 438 g/mol. The van der Waals surface area contributed by atoms with Gasteiger partial charge in [0.15, 0.2) is 0 Å². The smallest absolute Gasteiger partial charge is 0.0993 e. The van der Waals surface area contributed by atoms with Crippen LogP contribution < -0.4 is 11.1 Å². The van der Waals surface area contributed by atoms with E-state index in [1.807, 2.05) is 17.4 Å². The molecular formula is C28H31N5S. The molecule has 4 aliphatic carbocycles. The van der Waals surface area contributed by atoms with Gasteiger partial charge in [0, 0.05) is 23.8 Å². The molecule has 0 radical (unpaired) electrons. The molecule has 4 aliphatic rings. The van der Waals surface area contributed by atoms with Crippen molar-refractivity contribution in [2.75, 3.05) is 11.9 Å². The third-order valence-electron chi connectivity index (χ3n) is 8.59. The van der Waals surface area contributed by atoms with E-state index < -0.39 is 0 Å². The highest BCUT2D eigenvalue weighted by Crippen LogP contribution is 2.61. The first kappa shape index (κ1) is 20.7. The Morgan fingerprint density at radius 1 is 1.00 bits per heavy atom. The average Bonchev–Trinajstić information content (AvgIpc) is 3.52. The Bertz CT molecular complexity index is 1280. The van der Waals surface area contributed by atoms with Gasteiger partial charge in [-0.05, 0) is 85.6 Å². The summed E-state index contributed by atoms with van der Waals surface area (Å²) < 4.78 is 0. The Labute approximate surface area is 204 Å². The van der Waals surface area contributed by atoms with E-state index in [1.54, 1.807) is 6.33 Å². The van der Waals surface area contributed by atoms with Crippen LogP contribution in [0.3, 0.4) is 0 Å². The molecule has 1 unspecified atom stereocenters. The first-order valence-corrected chi connectivity index (χ1v) is 13.5. The Morgan fingerprint density at radius 2 is 1.74 bits per heavy atom. The van der Waals surface area contributed by atoms with Gasteiger partial charge in [0.05, 0.1) is 33.3 Å². The van der Waals surface area contributed by atoms with Gasteiger partial charge in [0.25, 0.3) is 0 Å². The van der Waals surface area contributed by atoms with Gasteiger partial charge in [-0.25, -0.2) is 9.97 Å². The number of nitrogens with two attached hydrogens (primary N) is 1. The van der Waals surface area contributed by atoms with Crippen LogP contribution >= 0.6 is 11.3 Å². The van der Waals surface area contributed by atoms with E-state index in [0.717, 1.165) is 34.5 Å². The molecule has 4 bridgehead atoms. The van der Waals surface area contributed by atoms with Gasteiger partial charge in [-0.1, -0.05) is 24.3 Å². The molecule has 1 atom stereocenters. The zero-order valence-corrected chi connectivity index (χ0v) is 20.2. The van der Waals surface area contributed by atoms with E-state index in [0.29, 0.717) is 12.0 Å². The minimum atomic E-state index is 0.0541. The summed E-state index contributed by atoms with van der Waals surface area (Å²) in [7, 11) is 0. The molecule has 2 heterocycles. The summed E-state index contributed by atoms with van der Waals surface area (Å²) in [5.74, 6) is 2.85. The van der Waals surface area contributed by atoms with Crippen LogP contribution in [-0.4, -0.2) is 21.5 Å². The summed E-state index contributed by atoms with van der Waals surface area (Å²) in [5, 5.41) is 4.99. The van der Waals surface area contributed by atoms with Gasteiger partial charge in [-0.3, -0.25) is 0 Å². The van der Waals surface area contributed by atoms with Crippen molar-refractivity contribution in [3.8, 4) is 10.4 Å². The molecule has 174 valence electrons. The number of H-pyrrole nitrogens is 1. The number of hydrogen-bond acceptors (Lipinski definition) is 5. The van der Waals surface area contributed by atoms with Crippen molar-refractivity contribution in [2.45, 2.75) is 50.0 Å². The zero-order valence-electron chi connectivity index (χ0n) is 19.3. The Morgan fingerprint density at radius 3 is 2.44 bits per heavy atom. The molecule has 0 aliphatic heterocycles. The molecule has 34 heavy (non-hydrogen) atoms. The van der Waals surface area contributed by atoms with Crippen molar-refractivity contribution in [1.29, 1.82) is 0 Å². The van der Waals surface area contributed by atoms with Gasteiger partial charge < -0.3 is 16.0 Å². The topological polar surface area (TPSA) is 79.6 Å². The average molecular weight is 470 g/mol. The SMILES string of the molecule is NCC(Nc1ccc2nc[nH]c2c1)c1ccc(-c2cnc(C34CC5CC(CC(C5)C3)C4)s2)cc1. The summed E-state index contributed by atoms with van der Waals surface area (Å²) in [6, 6.07) is 15.1. The Kier molecular flexibility index (Phi) is 4.81. The number of anilines is 1. The van der Waals surface area contributed by atoms with Crippen LogP contribution in [0.4, 0.5) is 5.69 Å². The first-order chi connectivity index (χ1) is 16.7. The number of aromatic amines is 1. The van der Waals surface area contributed by atoms with Gasteiger partial charge >= 0.3 is 0 Å². The highest BCUT2D eigenvalue weighted by molar-refractivity contribution is 7.15. The second kappa shape index (κ2) is 7.92. The summed E-state index contributed by atoms with van der Waals surface area (Å²) in [4.78, 5) is 13.8. The second-order valence-corrected chi connectivity index (χ2v) is 11.9. The number of nitrogens with zero attached hydrogens (tertiary/aromatic N) is 2. The van der Waals surface area contributed by atoms with Crippen LogP contribution in [0.2, 0.25) is 0 Å². The molecule has 2 aromatic heterocycles.